The number of ether oxygens (including phenoxy) is 1. The van der Waals surface area contributed by atoms with E-state index in [2.05, 4.69) is 10.3 Å². The molecule has 0 radical (unpaired) electrons. The Balaban J connectivity index is 1.83. The second-order valence-corrected chi connectivity index (χ2v) is 4.92. The third kappa shape index (κ3) is 5.06. The lowest BCUT2D eigenvalue weighted by atomic mass is 10.2. The number of halogens is 1. The van der Waals surface area contributed by atoms with Crippen molar-refractivity contribution in [1.29, 1.82) is 0 Å². The molecule has 114 valence electrons. The summed E-state index contributed by atoms with van der Waals surface area (Å²) in [5, 5.41) is 3.18. The number of anilines is 1. The van der Waals surface area contributed by atoms with E-state index in [4.69, 9.17) is 22.1 Å². The first-order valence-electron chi connectivity index (χ1n) is 6.44. The SMILES string of the molecule is NC(=O)Cc1ccc(NC(=O)COc2ccc(Cl)cc2)nc1. The highest BCUT2D eigenvalue weighted by Crippen LogP contribution is 2.15. The molecule has 0 spiro atoms. The highest BCUT2D eigenvalue weighted by molar-refractivity contribution is 6.30. The van der Waals surface area contributed by atoms with Gasteiger partial charge in [-0.05, 0) is 35.9 Å². The fraction of sp³-hybridized carbons (Fsp3) is 0.133. The van der Waals surface area contributed by atoms with Crippen molar-refractivity contribution in [3.63, 3.8) is 0 Å². The zero-order chi connectivity index (χ0) is 15.9. The molecule has 0 fully saturated rings. The van der Waals surface area contributed by atoms with E-state index in [0.29, 0.717) is 22.2 Å². The fourth-order valence-electron chi connectivity index (χ4n) is 1.66. The highest BCUT2D eigenvalue weighted by Gasteiger charge is 2.05. The minimum Gasteiger partial charge on any atom is -0.484 e. The van der Waals surface area contributed by atoms with Crippen molar-refractivity contribution in [1.82, 2.24) is 4.98 Å². The summed E-state index contributed by atoms with van der Waals surface area (Å²) in [7, 11) is 0. The molecule has 1 heterocycles. The maximum atomic E-state index is 11.7. The Kier molecular flexibility index (Phi) is 5.32. The summed E-state index contributed by atoms with van der Waals surface area (Å²) in [6.45, 7) is -0.146. The lowest BCUT2D eigenvalue weighted by Gasteiger charge is -2.07. The van der Waals surface area contributed by atoms with Gasteiger partial charge in [0.25, 0.3) is 5.91 Å². The van der Waals surface area contributed by atoms with Gasteiger partial charge >= 0.3 is 0 Å². The van der Waals surface area contributed by atoms with Crippen LogP contribution in [0.15, 0.2) is 42.6 Å². The van der Waals surface area contributed by atoms with Gasteiger partial charge < -0.3 is 15.8 Å². The molecule has 3 N–H and O–H groups in total. The monoisotopic (exact) mass is 319 g/mol. The number of rotatable bonds is 6. The predicted molar refractivity (Wildman–Crippen MR) is 82.7 cm³/mol. The lowest BCUT2D eigenvalue weighted by Crippen LogP contribution is -2.21. The average molecular weight is 320 g/mol. The van der Waals surface area contributed by atoms with Crippen LogP contribution in [-0.2, 0) is 16.0 Å². The number of nitrogens with one attached hydrogen (secondary N) is 1. The maximum Gasteiger partial charge on any atom is 0.263 e. The first-order chi connectivity index (χ1) is 10.5. The molecule has 0 atom stereocenters. The van der Waals surface area contributed by atoms with Crippen molar-refractivity contribution in [3.05, 3.63) is 53.2 Å². The third-order valence-corrected chi connectivity index (χ3v) is 2.91. The summed E-state index contributed by atoms with van der Waals surface area (Å²) in [5.74, 6) is 0.141. The molecule has 0 aliphatic carbocycles. The summed E-state index contributed by atoms with van der Waals surface area (Å²) in [4.78, 5) is 26.5. The number of nitrogens with two attached hydrogens (primary N) is 1. The van der Waals surface area contributed by atoms with Crippen LogP contribution in [0.3, 0.4) is 0 Å². The zero-order valence-corrected chi connectivity index (χ0v) is 12.3. The van der Waals surface area contributed by atoms with E-state index in [0.717, 1.165) is 0 Å². The van der Waals surface area contributed by atoms with Crippen molar-refractivity contribution in [2.45, 2.75) is 6.42 Å². The predicted octanol–water partition coefficient (Wildman–Crippen LogP) is 1.78. The third-order valence-electron chi connectivity index (χ3n) is 2.65. The molecule has 1 aromatic carbocycles. The van der Waals surface area contributed by atoms with Crippen LogP contribution in [0.5, 0.6) is 5.75 Å². The van der Waals surface area contributed by atoms with Crippen molar-refractivity contribution < 1.29 is 14.3 Å². The molecule has 6 nitrogen and oxygen atoms in total. The van der Waals surface area contributed by atoms with Crippen molar-refractivity contribution in [2.24, 2.45) is 5.73 Å². The van der Waals surface area contributed by atoms with Gasteiger partial charge in [0.1, 0.15) is 11.6 Å². The molecule has 2 amide bonds. The Hall–Kier alpha value is -2.60. The number of nitrogens with zero attached hydrogens (tertiary/aromatic N) is 1. The van der Waals surface area contributed by atoms with Crippen molar-refractivity contribution >= 4 is 29.2 Å². The number of carbonyl (C=O) groups is 2. The molecule has 22 heavy (non-hydrogen) atoms. The molecule has 0 saturated carbocycles. The average Bonchev–Trinajstić information content (AvgIpc) is 2.48. The van der Waals surface area contributed by atoms with Crippen molar-refractivity contribution in [2.75, 3.05) is 11.9 Å². The minimum absolute atomic E-state index is 0.112. The van der Waals surface area contributed by atoms with Crippen LogP contribution in [-0.4, -0.2) is 23.4 Å². The molecule has 0 bridgehead atoms. The van der Waals surface area contributed by atoms with Gasteiger partial charge in [0.05, 0.1) is 6.42 Å². The number of hydrogen-bond acceptors (Lipinski definition) is 4. The fourth-order valence-corrected chi connectivity index (χ4v) is 1.79. The zero-order valence-electron chi connectivity index (χ0n) is 11.6. The quantitative estimate of drug-likeness (QED) is 0.848. The standard InChI is InChI=1S/C15H14ClN3O3/c16-11-2-4-12(5-3-11)22-9-15(21)19-14-6-1-10(8-18-14)7-13(17)20/h1-6,8H,7,9H2,(H2,17,20)(H,18,19,21). The van der Waals surface area contributed by atoms with Gasteiger partial charge in [-0.15, -0.1) is 0 Å². The van der Waals surface area contributed by atoms with E-state index in [1.54, 1.807) is 36.4 Å². The van der Waals surface area contributed by atoms with E-state index in [1.165, 1.54) is 6.20 Å². The Morgan fingerprint density at radius 2 is 1.91 bits per heavy atom. The normalized spacial score (nSPS) is 10.0. The van der Waals surface area contributed by atoms with Gasteiger partial charge in [0.2, 0.25) is 5.91 Å². The Morgan fingerprint density at radius 1 is 1.18 bits per heavy atom. The second-order valence-electron chi connectivity index (χ2n) is 4.49. The van der Waals surface area contributed by atoms with E-state index < -0.39 is 5.91 Å². The van der Waals surface area contributed by atoms with Crippen LogP contribution in [0.1, 0.15) is 5.56 Å². The largest absolute Gasteiger partial charge is 0.484 e. The van der Waals surface area contributed by atoms with E-state index in [9.17, 15) is 9.59 Å². The van der Waals surface area contributed by atoms with Gasteiger partial charge in [0.15, 0.2) is 6.61 Å². The lowest BCUT2D eigenvalue weighted by molar-refractivity contribution is -0.118. The molecular formula is C15H14ClN3O3. The van der Waals surface area contributed by atoms with Crippen LogP contribution in [0, 0.1) is 0 Å². The number of amides is 2. The number of carbonyl (C=O) groups excluding carboxylic acids is 2. The minimum atomic E-state index is -0.435. The second kappa shape index (κ2) is 7.42. The number of hydrogen-bond donors (Lipinski definition) is 2. The van der Waals surface area contributed by atoms with E-state index >= 15 is 0 Å². The summed E-state index contributed by atoms with van der Waals surface area (Å²) in [6.07, 6.45) is 1.60. The molecule has 7 heteroatoms. The maximum absolute atomic E-state index is 11.7. The summed E-state index contributed by atoms with van der Waals surface area (Å²) in [6, 6.07) is 9.96. The van der Waals surface area contributed by atoms with Crippen LogP contribution in [0.4, 0.5) is 5.82 Å². The smallest absolute Gasteiger partial charge is 0.263 e. The summed E-state index contributed by atoms with van der Waals surface area (Å²) in [5.41, 5.74) is 5.77. The molecule has 0 unspecified atom stereocenters. The van der Waals surface area contributed by atoms with Crippen LogP contribution in [0.25, 0.3) is 0 Å². The molecule has 0 aliphatic heterocycles. The number of aromatic nitrogens is 1. The van der Waals surface area contributed by atoms with Crippen LogP contribution < -0.4 is 15.8 Å². The van der Waals surface area contributed by atoms with Crippen LogP contribution in [0.2, 0.25) is 5.02 Å². The molecular weight excluding hydrogens is 306 g/mol. The molecule has 2 rings (SSSR count). The summed E-state index contributed by atoms with van der Waals surface area (Å²) < 4.78 is 5.31. The van der Waals surface area contributed by atoms with Crippen molar-refractivity contribution in [3.8, 4) is 5.75 Å². The van der Waals surface area contributed by atoms with Gasteiger partial charge in [-0.1, -0.05) is 17.7 Å². The molecule has 0 aliphatic rings. The van der Waals surface area contributed by atoms with E-state index in [1.807, 2.05) is 0 Å². The van der Waals surface area contributed by atoms with Gasteiger partial charge in [-0.2, -0.15) is 0 Å². The molecule has 0 saturated heterocycles. The Bertz CT molecular complexity index is 657. The molecule has 2 aromatic rings. The van der Waals surface area contributed by atoms with E-state index in [-0.39, 0.29) is 18.9 Å². The number of primary amides is 1. The first kappa shape index (κ1) is 15.8. The Morgan fingerprint density at radius 3 is 2.50 bits per heavy atom. The topological polar surface area (TPSA) is 94.3 Å². The van der Waals surface area contributed by atoms with Gasteiger partial charge in [0, 0.05) is 11.2 Å². The van der Waals surface area contributed by atoms with Crippen LogP contribution >= 0.6 is 11.6 Å². The number of benzene rings is 1. The Labute approximate surface area is 132 Å². The molecule has 1 aromatic heterocycles. The first-order valence-corrected chi connectivity index (χ1v) is 6.82. The summed E-state index contributed by atoms with van der Waals surface area (Å²) >= 11 is 5.75. The van der Waals surface area contributed by atoms with Gasteiger partial charge in [-0.25, -0.2) is 4.98 Å². The highest BCUT2D eigenvalue weighted by atomic mass is 35.5. The van der Waals surface area contributed by atoms with Gasteiger partial charge in [-0.3, -0.25) is 9.59 Å². The number of pyridine rings is 1.